The summed E-state index contributed by atoms with van der Waals surface area (Å²) < 4.78 is 70.4. The van der Waals surface area contributed by atoms with Crippen LogP contribution in [0.3, 0.4) is 0 Å². The first kappa shape index (κ1) is 38.9. The van der Waals surface area contributed by atoms with Crippen molar-refractivity contribution in [3.63, 3.8) is 0 Å². The molecule has 0 amide bonds. The van der Waals surface area contributed by atoms with Gasteiger partial charge in [0, 0.05) is 55.1 Å². The molecule has 3 aliphatic rings. The zero-order chi connectivity index (χ0) is 39.5. The third-order valence-corrected chi connectivity index (χ3v) is 12.2. The predicted octanol–water partition coefficient (Wildman–Crippen LogP) is 4.35. The number of hydrogen-bond acceptors (Lipinski definition) is 8. The van der Waals surface area contributed by atoms with Gasteiger partial charge in [0.1, 0.15) is 11.3 Å². The Kier molecular flexibility index (Phi) is 9.93. The van der Waals surface area contributed by atoms with Crippen LogP contribution in [0.1, 0.15) is 57.2 Å². The number of benzene rings is 2. The molecule has 0 spiro atoms. The molecule has 0 unspecified atom stereocenters. The van der Waals surface area contributed by atoms with Crippen molar-refractivity contribution in [2.75, 3.05) is 29.5 Å². The standard InChI is InChI=1S/C39H44N4O9S2/c1-38(2)27-11-7-9-13-29(27)42(21-23-53(47,48)49)31(38)19-17-25-15-16-26(33(25)34-35(44)40(5)37(46)41(6)36(34)45)18-20-32-39(3,4)28-12-8-10-14-30(28)43(32)22-24-54(50,51)52/h7-14,17-20H,15-16,21-24H2,1-6H3,(H2,47,48,49,50,51,52)/p+1. The average Bonchev–Trinajstić information content (AvgIpc) is 3.66. The molecule has 1 aliphatic carbocycles. The van der Waals surface area contributed by atoms with Crippen LogP contribution in [-0.4, -0.2) is 75.1 Å². The molecule has 3 aromatic rings. The van der Waals surface area contributed by atoms with Crippen molar-refractivity contribution in [2.24, 2.45) is 14.1 Å². The molecule has 0 fully saturated rings. The second-order valence-electron chi connectivity index (χ2n) is 14.9. The van der Waals surface area contributed by atoms with Crippen LogP contribution in [-0.2, 0) is 45.2 Å². The topological polar surface area (TPSA) is 179 Å². The lowest BCUT2D eigenvalue weighted by Gasteiger charge is -2.26. The van der Waals surface area contributed by atoms with Gasteiger partial charge in [0.25, 0.3) is 25.8 Å². The summed E-state index contributed by atoms with van der Waals surface area (Å²) >= 11 is 0. The molecule has 0 saturated carbocycles. The van der Waals surface area contributed by atoms with Crippen LogP contribution in [0.15, 0.2) is 99.3 Å². The Hall–Kier alpha value is -4.83. The Morgan fingerprint density at radius 2 is 1.43 bits per heavy atom. The molecule has 0 saturated heterocycles. The van der Waals surface area contributed by atoms with E-state index in [2.05, 4.69) is 0 Å². The number of anilines is 1. The van der Waals surface area contributed by atoms with Crippen LogP contribution >= 0.6 is 0 Å². The number of allylic oxidation sites excluding steroid dienone is 8. The molecule has 286 valence electrons. The number of aromatic nitrogens is 2. The van der Waals surface area contributed by atoms with Crippen LogP contribution in [0, 0.1) is 0 Å². The Balaban J connectivity index is 1.55. The highest BCUT2D eigenvalue weighted by molar-refractivity contribution is 7.86. The quantitative estimate of drug-likeness (QED) is 0.198. The largest absolute Gasteiger partial charge is 0.494 e. The lowest BCUT2D eigenvalue weighted by Crippen LogP contribution is -2.38. The lowest BCUT2D eigenvalue weighted by molar-refractivity contribution is -0.432. The highest BCUT2D eigenvalue weighted by Gasteiger charge is 2.45. The van der Waals surface area contributed by atoms with Crippen molar-refractivity contribution in [3.8, 4) is 5.88 Å². The third-order valence-electron chi connectivity index (χ3n) is 10.8. The van der Waals surface area contributed by atoms with Gasteiger partial charge in [-0.1, -0.05) is 62.4 Å². The number of fused-ring (bicyclic) bond motifs is 2. The minimum Gasteiger partial charge on any atom is -0.494 e. The summed E-state index contributed by atoms with van der Waals surface area (Å²) in [6, 6.07) is 15.3. The zero-order valence-electron chi connectivity index (χ0n) is 31.1. The Bertz CT molecular complexity index is 2590. The summed E-state index contributed by atoms with van der Waals surface area (Å²) in [6.07, 6.45) is 8.35. The highest BCUT2D eigenvalue weighted by Crippen LogP contribution is 2.48. The second kappa shape index (κ2) is 13.8. The number of hydrogen-bond donors (Lipinski definition) is 3. The minimum atomic E-state index is -4.27. The summed E-state index contributed by atoms with van der Waals surface area (Å²) in [5.41, 5.74) is 4.32. The molecule has 15 heteroatoms. The van der Waals surface area contributed by atoms with Gasteiger partial charge in [0.2, 0.25) is 11.6 Å². The van der Waals surface area contributed by atoms with E-state index < -0.39 is 59.7 Å². The number of nitrogens with zero attached hydrogens (tertiary/aromatic N) is 4. The van der Waals surface area contributed by atoms with E-state index in [0.717, 1.165) is 43.0 Å². The SMILES string of the molecule is Cn1c(O)c(C2=C(C=CC3=[N+](CCS(=O)(=O)O)c4ccccc4C3(C)C)CCC2=CC=C2N(CCS(=O)(=O)O)c3ccccc3C2(C)C)c(=O)n(C)c1=O. The van der Waals surface area contributed by atoms with Crippen molar-refractivity contribution in [2.45, 2.75) is 51.4 Å². The monoisotopic (exact) mass is 777 g/mol. The first-order valence-corrected chi connectivity index (χ1v) is 20.7. The van der Waals surface area contributed by atoms with E-state index in [-0.39, 0.29) is 18.7 Å². The molecule has 2 aliphatic heterocycles. The maximum Gasteiger partial charge on any atom is 0.333 e. The van der Waals surface area contributed by atoms with Crippen LogP contribution in [0.25, 0.3) is 5.57 Å². The van der Waals surface area contributed by atoms with Crippen molar-refractivity contribution >= 4 is 42.9 Å². The van der Waals surface area contributed by atoms with Crippen molar-refractivity contribution in [1.82, 2.24) is 9.13 Å². The second-order valence-corrected chi connectivity index (χ2v) is 18.1. The summed E-state index contributed by atoms with van der Waals surface area (Å²) in [5.74, 6) is -1.48. The lowest BCUT2D eigenvalue weighted by atomic mass is 9.81. The van der Waals surface area contributed by atoms with E-state index in [4.69, 9.17) is 0 Å². The summed E-state index contributed by atoms with van der Waals surface area (Å²) in [4.78, 5) is 28.5. The molecular formula is C39H45N4O9S2+. The summed E-state index contributed by atoms with van der Waals surface area (Å²) in [5, 5.41) is 11.4. The first-order chi connectivity index (χ1) is 25.1. The van der Waals surface area contributed by atoms with Crippen LogP contribution < -0.4 is 16.1 Å². The van der Waals surface area contributed by atoms with Crippen molar-refractivity contribution in [3.05, 3.63) is 127 Å². The molecule has 3 N–H and O–H groups in total. The van der Waals surface area contributed by atoms with E-state index >= 15 is 0 Å². The van der Waals surface area contributed by atoms with Crippen LogP contribution in [0.5, 0.6) is 5.88 Å². The van der Waals surface area contributed by atoms with Gasteiger partial charge in [-0.3, -0.25) is 23.0 Å². The molecule has 0 radical (unpaired) electrons. The molecular weight excluding hydrogens is 733 g/mol. The molecule has 0 bridgehead atoms. The number of para-hydroxylation sites is 2. The fraction of sp³-hybridized carbons (Fsp3) is 0.359. The maximum atomic E-state index is 13.8. The van der Waals surface area contributed by atoms with Gasteiger partial charge in [0.05, 0.1) is 11.2 Å². The van der Waals surface area contributed by atoms with Crippen molar-refractivity contribution in [1.29, 1.82) is 0 Å². The van der Waals surface area contributed by atoms with Gasteiger partial charge in [-0.05, 0) is 61.1 Å². The van der Waals surface area contributed by atoms with E-state index in [1.54, 1.807) is 0 Å². The number of rotatable bonds is 10. The molecule has 1 aromatic heterocycles. The maximum absolute atomic E-state index is 13.8. The fourth-order valence-corrected chi connectivity index (χ4v) is 8.79. The van der Waals surface area contributed by atoms with Gasteiger partial charge < -0.3 is 10.0 Å². The smallest absolute Gasteiger partial charge is 0.333 e. The summed E-state index contributed by atoms with van der Waals surface area (Å²) in [7, 11) is -5.82. The van der Waals surface area contributed by atoms with Gasteiger partial charge in [0.15, 0.2) is 12.3 Å². The van der Waals surface area contributed by atoms with Gasteiger partial charge in [-0.25, -0.2) is 4.79 Å². The van der Waals surface area contributed by atoms with E-state index in [1.807, 2.05) is 110 Å². The molecule has 54 heavy (non-hydrogen) atoms. The van der Waals surface area contributed by atoms with Gasteiger partial charge in [-0.15, -0.1) is 0 Å². The first-order valence-electron chi connectivity index (χ1n) is 17.5. The van der Waals surface area contributed by atoms with E-state index in [9.17, 15) is 40.6 Å². The van der Waals surface area contributed by atoms with Gasteiger partial charge >= 0.3 is 5.69 Å². The third kappa shape index (κ3) is 6.96. The zero-order valence-corrected chi connectivity index (χ0v) is 32.7. The van der Waals surface area contributed by atoms with Crippen LogP contribution in [0.4, 0.5) is 11.4 Å². The Morgan fingerprint density at radius 3 is 2.09 bits per heavy atom. The highest BCUT2D eigenvalue weighted by atomic mass is 32.2. The normalized spacial score (nSPS) is 19.5. The van der Waals surface area contributed by atoms with E-state index in [0.29, 0.717) is 29.6 Å². The Morgan fingerprint density at radius 1 is 0.796 bits per heavy atom. The fourth-order valence-electron chi connectivity index (χ4n) is 7.97. The molecule has 6 rings (SSSR count). The molecule has 3 heterocycles. The van der Waals surface area contributed by atoms with Gasteiger partial charge in [-0.2, -0.15) is 21.4 Å². The average molecular weight is 778 g/mol. The number of aromatic hydroxyl groups is 1. The van der Waals surface area contributed by atoms with E-state index in [1.165, 1.54) is 14.1 Å². The summed E-state index contributed by atoms with van der Waals surface area (Å²) in [6.45, 7) is 8.07. The molecule has 13 nitrogen and oxygen atoms in total. The minimum absolute atomic E-state index is 0.00202. The van der Waals surface area contributed by atoms with Crippen LogP contribution in [0.2, 0.25) is 0 Å². The van der Waals surface area contributed by atoms with Crippen molar-refractivity contribution < 1.29 is 35.6 Å². The molecule has 0 atom stereocenters. The molecule has 2 aromatic carbocycles. The Labute approximate surface area is 314 Å². The predicted molar refractivity (Wildman–Crippen MR) is 209 cm³/mol.